The minimum atomic E-state index is 0.199. The van der Waals surface area contributed by atoms with Gasteiger partial charge in [0.15, 0.2) is 0 Å². The van der Waals surface area contributed by atoms with Gasteiger partial charge in [0.1, 0.15) is 10.6 Å². The maximum Gasteiger partial charge on any atom is 0.232 e. The van der Waals surface area contributed by atoms with Crippen molar-refractivity contribution < 1.29 is 4.74 Å². The van der Waals surface area contributed by atoms with Gasteiger partial charge in [-0.05, 0) is 64.6 Å². The van der Waals surface area contributed by atoms with E-state index in [1.807, 2.05) is 25.1 Å². The van der Waals surface area contributed by atoms with Crippen LogP contribution in [0.1, 0.15) is 17.4 Å². The predicted molar refractivity (Wildman–Crippen MR) is 90.8 cm³/mol. The summed E-state index contributed by atoms with van der Waals surface area (Å²) < 4.78 is 6.83. The van der Waals surface area contributed by atoms with Crippen LogP contribution in [0, 0.1) is 6.92 Å². The summed E-state index contributed by atoms with van der Waals surface area (Å²) in [6.07, 6.45) is 0.951. The molecule has 3 rings (SSSR count). The molecule has 1 aromatic carbocycles. The highest BCUT2D eigenvalue weighted by Gasteiger charge is 2.13. The topological polar surface area (TPSA) is 35.0 Å². The fourth-order valence-corrected chi connectivity index (χ4v) is 3.71. The van der Waals surface area contributed by atoms with Gasteiger partial charge < -0.3 is 4.74 Å². The Balaban J connectivity index is 2.08. The molecular weight excluding hydrogens is 372 g/mol. The SMILES string of the molecule is CCc1cc2c(Oc3ccc(C)cc3Br)nc(Cl)nc2s1. The van der Waals surface area contributed by atoms with Crippen LogP contribution in [0.5, 0.6) is 11.6 Å². The highest BCUT2D eigenvalue weighted by Crippen LogP contribution is 2.36. The Morgan fingerprint density at radius 1 is 1.29 bits per heavy atom. The molecule has 0 aliphatic carbocycles. The second-order valence-electron chi connectivity index (χ2n) is 4.62. The summed E-state index contributed by atoms with van der Waals surface area (Å²) in [5.74, 6) is 1.20. The summed E-state index contributed by atoms with van der Waals surface area (Å²) in [7, 11) is 0. The maximum absolute atomic E-state index is 6.00. The standard InChI is InChI=1S/C15H12BrClN2OS/c1-3-9-7-10-13(18-15(17)19-14(10)21-9)20-12-5-4-8(2)6-11(12)16/h4-7H,3H2,1-2H3. The Bertz CT molecular complexity index is 819. The van der Waals surface area contributed by atoms with E-state index in [0.29, 0.717) is 11.6 Å². The molecule has 0 aliphatic heterocycles. The first-order valence-corrected chi connectivity index (χ1v) is 8.45. The summed E-state index contributed by atoms with van der Waals surface area (Å²) in [5.41, 5.74) is 1.16. The highest BCUT2D eigenvalue weighted by molar-refractivity contribution is 9.10. The van der Waals surface area contributed by atoms with Gasteiger partial charge in [0.05, 0.1) is 9.86 Å². The molecule has 2 aromatic heterocycles. The quantitative estimate of drug-likeness (QED) is 0.538. The van der Waals surface area contributed by atoms with Crippen molar-refractivity contribution in [2.45, 2.75) is 20.3 Å². The lowest BCUT2D eigenvalue weighted by Crippen LogP contribution is -1.92. The van der Waals surface area contributed by atoms with Gasteiger partial charge in [-0.1, -0.05) is 13.0 Å². The van der Waals surface area contributed by atoms with Gasteiger partial charge in [-0.3, -0.25) is 0 Å². The molecular formula is C15H12BrClN2OS. The number of thiophene rings is 1. The fraction of sp³-hybridized carbons (Fsp3) is 0.200. The molecule has 3 aromatic rings. The van der Waals surface area contributed by atoms with Crippen LogP contribution in [0.3, 0.4) is 0 Å². The zero-order chi connectivity index (χ0) is 15.0. The molecule has 0 saturated heterocycles. The van der Waals surface area contributed by atoms with Crippen LogP contribution in [0.15, 0.2) is 28.7 Å². The van der Waals surface area contributed by atoms with Crippen LogP contribution in [0.2, 0.25) is 5.28 Å². The van der Waals surface area contributed by atoms with Crippen molar-refractivity contribution in [3.63, 3.8) is 0 Å². The molecule has 0 amide bonds. The van der Waals surface area contributed by atoms with E-state index in [4.69, 9.17) is 16.3 Å². The third-order valence-electron chi connectivity index (χ3n) is 3.02. The number of benzene rings is 1. The van der Waals surface area contributed by atoms with Crippen molar-refractivity contribution in [3.8, 4) is 11.6 Å². The highest BCUT2D eigenvalue weighted by atomic mass is 79.9. The molecule has 0 N–H and O–H groups in total. The number of fused-ring (bicyclic) bond motifs is 1. The predicted octanol–water partition coefficient (Wildman–Crippen LogP) is 5.77. The van der Waals surface area contributed by atoms with Crippen LogP contribution in [-0.4, -0.2) is 9.97 Å². The number of nitrogens with zero attached hydrogens (tertiary/aromatic N) is 2. The Morgan fingerprint density at radius 2 is 2.10 bits per heavy atom. The monoisotopic (exact) mass is 382 g/mol. The Labute approximate surface area is 140 Å². The average molecular weight is 384 g/mol. The Morgan fingerprint density at radius 3 is 2.81 bits per heavy atom. The van der Waals surface area contributed by atoms with Gasteiger partial charge in [0.2, 0.25) is 11.2 Å². The van der Waals surface area contributed by atoms with Gasteiger partial charge in [-0.25, -0.2) is 4.98 Å². The molecule has 108 valence electrons. The molecule has 3 nitrogen and oxygen atoms in total. The van der Waals surface area contributed by atoms with E-state index in [0.717, 1.165) is 26.7 Å². The van der Waals surface area contributed by atoms with Gasteiger partial charge in [0.25, 0.3) is 0 Å². The number of aryl methyl sites for hydroxylation is 2. The number of hydrogen-bond donors (Lipinski definition) is 0. The maximum atomic E-state index is 6.00. The molecule has 0 aliphatic rings. The zero-order valence-electron chi connectivity index (χ0n) is 11.5. The normalized spacial score (nSPS) is 11.0. The third-order valence-corrected chi connectivity index (χ3v) is 4.99. The summed E-state index contributed by atoms with van der Waals surface area (Å²) in [5, 5.41) is 1.10. The molecule has 0 bridgehead atoms. The van der Waals surface area contributed by atoms with Crippen molar-refractivity contribution in [1.29, 1.82) is 0 Å². The first kappa shape index (κ1) is 14.8. The number of rotatable bonds is 3. The first-order valence-electron chi connectivity index (χ1n) is 6.46. The van der Waals surface area contributed by atoms with Crippen molar-refractivity contribution in [2.75, 3.05) is 0 Å². The van der Waals surface area contributed by atoms with E-state index in [2.05, 4.69) is 38.9 Å². The summed E-state index contributed by atoms with van der Waals surface area (Å²) >= 11 is 11.1. The lowest BCUT2D eigenvalue weighted by Gasteiger charge is -2.08. The lowest BCUT2D eigenvalue weighted by atomic mass is 10.2. The van der Waals surface area contributed by atoms with Crippen molar-refractivity contribution in [2.24, 2.45) is 0 Å². The molecule has 0 unspecified atom stereocenters. The van der Waals surface area contributed by atoms with Crippen molar-refractivity contribution in [3.05, 3.63) is 44.5 Å². The summed E-state index contributed by atoms with van der Waals surface area (Å²) in [4.78, 5) is 10.6. The van der Waals surface area contributed by atoms with E-state index in [1.165, 1.54) is 4.88 Å². The van der Waals surface area contributed by atoms with Crippen molar-refractivity contribution in [1.82, 2.24) is 9.97 Å². The van der Waals surface area contributed by atoms with E-state index < -0.39 is 0 Å². The van der Waals surface area contributed by atoms with Crippen LogP contribution < -0.4 is 4.74 Å². The molecule has 6 heteroatoms. The van der Waals surface area contributed by atoms with Gasteiger partial charge in [-0.2, -0.15) is 4.98 Å². The number of halogens is 2. The number of aromatic nitrogens is 2. The van der Waals surface area contributed by atoms with E-state index in [1.54, 1.807) is 11.3 Å². The summed E-state index contributed by atoms with van der Waals surface area (Å²) in [6.45, 7) is 4.14. The van der Waals surface area contributed by atoms with Gasteiger partial charge >= 0.3 is 0 Å². The van der Waals surface area contributed by atoms with Gasteiger partial charge in [0, 0.05) is 4.88 Å². The third kappa shape index (κ3) is 3.05. The molecule has 0 fully saturated rings. The molecule has 0 saturated carbocycles. The fourth-order valence-electron chi connectivity index (χ4n) is 1.97. The van der Waals surface area contributed by atoms with Crippen LogP contribution in [-0.2, 0) is 6.42 Å². The van der Waals surface area contributed by atoms with Crippen LogP contribution in [0.4, 0.5) is 0 Å². The van der Waals surface area contributed by atoms with Crippen LogP contribution in [0.25, 0.3) is 10.2 Å². The largest absolute Gasteiger partial charge is 0.437 e. The Hall–Kier alpha value is -1.17. The molecule has 0 spiro atoms. The average Bonchev–Trinajstić information content (AvgIpc) is 2.85. The Kier molecular flexibility index (Phi) is 4.15. The molecule has 0 radical (unpaired) electrons. The molecule has 0 atom stereocenters. The van der Waals surface area contributed by atoms with E-state index in [-0.39, 0.29) is 5.28 Å². The lowest BCUT2D eigenvalue weighted by molar-refractivity contribution is 0.465. The first-order chi connectivity index (χ1) is 10.1. The van der Waals surface area contributed by atoms with E-state index in [9.17, 15) is 0 Å². The van der Waals surface area contributed by atoms with Crippen molar-refractivity contribution >= 4 is 49.1 Å². The van der Waals surface area contributed by atoms with Crippen LogP contribution >= 0.6 is 38.9 Å². The number of hydrogen-bond acceptors (Lipinski definition) is 4. The minimum absolute atomic E-state index is 0.199. The molecule has 21 heavy (non-hydrogen) atoms. The number of ether oxygens (including phenoxy) is 1. The van der Waals surface area contributed by atoms with E-state index >= 15 is 0 Å². The molecule has 2 heterocycles. The second kappa shape index (κ2) is 5.91. The zero-order valence-corrected chi connectivity index (χ0v) is 14.6. The second-order valence-corrected chi connectivity index (χ2v) is 6.93. The summed E-state index contributed by atoms with van der Waals surface area (Å²) in [6, 6.07) is 7.97. The van der Waals surface area contributed by atoms with Gasteiger partial charge in [-0.15, -0.1) is 11.3 Å². The smallest absolute Gasteiger partial charge is 0.232 e. The minimum Gasteiger partial charge on any atom is -0.437 e.